The average molecular weight is 318 g/mol. The fourth-order valence-electron chi connectivity index (χ4n) is 3.05. The van der Waals surface area contributed by atoms with Crippen LogP contribution in [0, 0.1) is 12.8 Å². The molecule has 3 heterocycles. The van der Waals surface area contributed by atoms with Crippen LogP contribution in [0.2, 0.25) is 0 Å². The van der Waals surface area contributed by atoms with Gasteiger partial charge in [-0.2, -0.15) is 10.2 Å². The first-order valence-corrected chi connectivity index (χ1v) is 7.83. The first kappa shape index (κ1) is 15.7. The van der Waals surface area contributed by atoms with Crippen molar-refractivity contribution in [1.82, 2.24) is 29.9 Å². The molecule has 0 radical (unpaired) electrons. The molecule has 1 aliphatic rings. The molecule has 0 spiro atoms. The quantitative estimate of drug-likeness (QED) is 0.882. The van der Waals surface area contributed by atoms with Gasteiger partial charge in [-0.15, -0.1) is 0 Å². The second-order valence-electron chi connectivity index (χ2n) is 5.87. The van der Waals surface area contributed by atoms with Crippen LogP contribution in [0.25, 0.3) is 0 Å². The molecule has 0 saturated carbocycles. The Balaban J connectivity index is 1.77. The van der Waals surface area contributed by atoms with E-state index in [0.29, 0.717) is 25.4 Å². The number of rotatable bonds is 5. The lowest BCUT2D eigenvalue weighted by atomic mass is 9.96. The number of aromatic amines is 1. The van der Waals surface area contributed by atoms with Crippen LogP contribution < -0.4 is 0 Å². The van der Waals surface area contributed by atoms with Crippen LogP contribution in [0.1, 0.15) is 35.0 Å². The summed E-state index contributed by atoms with van der Waals surface area (Å²) >= 11 is 0. The highest BCUT2D eigenvalue weighted by atomic mass is 16.5. The molecule has 0 aliphatic carbocycles. The molecule has 124 valence electrons. The second kappa shape index (κ2) is 6.49. The molecule has 0 bridgehead atoms. The number of hydrogen-bond donors (Lipinski definition) is 1. The van der Waals surface area contributed by atoms with E-state index in [-0.39, 0.29) is 17.7 Å². The number of nitrogens with one attached hydrogen (secondary N) is 1. The third-order valence-corrected chi connectivity index (χ3v) is 4.24. The third kappa shape index (κ3) is 3.12. The Morgan fingerprint density at radius 3 is 2.91 bits per heavy atom. The lowest BCUT2D eigenvalue weighted by Gasteiger charge is -2.14. The van der Waals surface area contributed by atoms with E-state index in [9.17, 15) is 4.79 Å². The number of carbonyl (C=O) groups excluding carboxylic acids is 1. The summed E-state index contributed by atoms with van der Waals surface area (Å²) in [5.74, 6) is 1.75. The Bertz CT molecular complexity index is 679. The number of aromatic nitrogens is 5. The summed E-state index contributed by atoms with van der Waals surface area (Å²) in [4.78, 5) is 18.9. The lowest BCUT2D eigenvalue weighted by molar-refractivity contribution is 0.0768. The minimum atomic E-state index is -0.0481. The zero-order chi connectivity index (χ0) is 16.4. The number of hydrogen-bond acceptors (Lipinski definition) is 5. The topological polar surface area (TPSA) is 88.9 Å². The van der Waals surface area contributed by atoms with Gasteiger partial charge in [0.1, 0.15) is 11.5 Å². The average Bonchev–Trinajstić information content (AvgIpc) is 3.25. The molecule has 1 fully saturated rings. The largest absolute Gasteiger partial charge is 0.384 e. The number of H-pyrrole nitrogens is 1. The molecule has 8 nitrogen and oxygen atoms in total. The Labute approximate surface area is 134 Å². The highest BCUT2D eigenvalue weighted by Crippen LogP contribution is 2.31. The molecule has 2 aromatic heterocycles. The van der Waals surface area contributed by atoms with Crippen molar-refractivity contribution in [3.05, 3.63) is 29.6 Å². The van der Waals surface area contributed by atoms with E-state index >= 15 is 0 Å². The van der Waals surface area contributed by atoms with E-state index in [0.717, 1.165) is 18.2 Å². The molecule has 0 unspecified atom stereocenters. The van der Waals surface area contributed by atoms with Gasteiger partial charge < -0.3 is 9.64 Å². The van der Waals surface area contributed by atoms with E-state index in [1.54, 1.807) is 17.9 Å². The standard InChI is InChI=1S/C15H22N6O2/c1-4-21-6-5-13(19-21)15(22)20-7-11(9-23-3)12(8-20)14-16-10(2)17-18-14/h5-6,11-12H,4,7-9H2,1-3H3,(H,16,17,18)/t11-,12+/m0/s1. The van der Waals surface area contributed by atoms with Gasteiger partial charge in [-0.1, -0.05) is 0 Å². The van der Waals surface area contributed by atoms with E-state index in [2.05, 4.69) is 20.3 Å². The van der Waals surface area contributed by atoms with Crippen molar-refractivity contribution in [3.8, 4) is 0 Å². The number of nitrogens with zero attached hydrogens (tertiary/aromatic N) is 5. The van der Waals surface area contributed by atoms with Crippen molar-refractivity contribution in [2.75, 3.05) is 26.8 Å². The normalized spacial score (nSPS) is 21.1. The molecule has 0 aromatic carbocycles. The SMILES string of the molecule is CCn1ccc(C(=O)N2C[C@@H](COC)[C@H](c3n[nH]c(C)n3)C2)n1. The van der Waals surface area contributed by atoms with Gasteiger partial charge in [0.15, 0.2) is 5.82 Å². The van der Waals surface area contributed by atoms with Gasteiger partial charge in [0.25, 0.3) is 5.91 Å². The fourth-order valence-corrected chi connectivity index (χ4v) is 3.05. The van der Waals surface area contributed by atoms with Crippen molar-refractivity contribution >= 4 is 5.91 Å². The van der Waals surface area contributed by atoms with Gasteiger partial charge >= 0.3 is 0 Å². The summed E-state index contributed by atoms with van der Waals surface area (Å²) in [6.07, 6.45) is 1.83. The van der Waals surface area contributed by atoms with Crippen molar-refractivity contribution < 1.29 is 9.53 Å². The van der Waals surface area contributed by atoms with Gasteiger partial charge in [0.2, 0.25) is 0 Å². The molecule has 1 saturated heterocycles. The molecule has 2 atom stereocenters. The van der Waals surface area contributed by atoms with Crippen LogP contribution in [-0.2, 0) is 11.3 Å². The van der Waals surface area contributed by atoms with Gasteiger partial charge in [-0.3, -0.25) is 14.6 Å². The molecule has 2 aromatic rings. The Hall–Kier alpha value is -2.22. The van der Waals surface area contributed by atoms with Crippen LogP contribution in [-0.4, -0.2) is 62.6 Å². The van der Waals surface area contributed by atoms with E-state index in [1.165, 1.54) is 0 Å². The van der Waals surface area contributed by atoms with E-state index < -0.39 is 0 Å². The first-order valence-electron chi connectivity index (χ1n) is 7.83. The van der Waals surface area contributed by atoms with Crippen LogP contribution in [0.3, 0.4) is 0 Å². The maximum atomic E-state index is 12.7. The van der Waals surface area contributed by atoms with Gasteiger partial charge in [0, 0.05) is 44.8 Å². The predicted octanol–water partition coefficient (Wildman–Crippen LogP) is 0.832. The first-order chi connectivity index (χ1) is 11.1. The smallest absolute Gasteiger partial charge is 0.274 e. The van der Waals surface area contributed by atoms with Crippen molar-refractivity contribution in [2.24, 2.45) is 5.92 Å². The Morgan fingerprint density at radius 1 is 1.48 bits per heavy atom. The molecular weight excluding hydrogens is 296 g/mol. The summed E-state index contributed by atoms with van der Waals surface area (Å²) in [6.45, 7) is 6.40. The molecule has 3 rings (SSSR count). The minimum absolute atomic E-state index is 0.0481. The van der Waals surface area contributed by atoms with Crippen LogP contribution in [0.4, 0.5) is 0 Å². The maximum absolute atomic E-state index is 12.7. The lowest BCUT2D eigenvalue weighted by Crippen LogP contribution is -2.29. The van der Waals surface area contributed by atoms with Crippen LogP contribution in [0.5, 0.6) is 0 Å². The monoisotopic (exact) mass is 318 g/mol. The summed E-state index contributed by atoms with van der Waals surface area (Å²) in [5.41, 5.74) is 0.481. The second-order valence-corrected chi connectivity index (χ2v) is 5.87. The van der Waals surface area contributed by atoms with E-state index in [4.69, 9.17) is 4.74 Å². The number of carbonyl (C=O) groups is 1. The minimum Gasteiger partial charge on any atom is -0.384 e. The third-order valence-electron chi connectivity index (χ3n) is 4.24. The summed E-state index contributed by atoms with van der Waals surface area (Å²) in [7, 11) is 1.67. The predicted molar refractivity (Wildman–Crippen MR) is 83.0 cm³/mol. The molecular formula is C15H22N6O2. The number of likely N-dealkylation sites (tertiary alicyclic amines) is 1. The Morgan fingerprint density at radius 2 is 2.30 bits per heavy atom. The van der Waals surface area contributed by atoms with Crippen molar-refractivity contribution in [1.29, 1.82) is 0 Å². The maximum Gasteiger partial charge on any atom is 0.274 e. The summed E-state index contributed by atoms with van der Waals surface area (Å²) in [5, 5.41) is 11.4. The highest BCUT2D eigenvalue weighted by molar-refractivity contribution is 5.92. The van der Waals surface area contributed by atoms with Crippen molar-refractivity contribution in [2.45, 2.75) is 26.3 Å². The van der Waals surface area contributed by atoms with Crippen LogP contribution >= 0.6 is 0 Å². The van der Waals surface area contributed by atoms with Gasteiger partial charge in [-0.25, -0.2) is 4.98 Å². The highest BCUT2D eigenvalue weighted by Gasteiger charge is 2.39. The van der Waals surface area contributed by atoms with E-state index in [1.807, 2.05) is 24.9 Å². The zero-order valence-corrected chi connectivity index (χ0v) is 13.7. The summed E-state index contributed by atoms with van der Waals surface area (Å²) in [6, 6.07) is 1.77. The van der Waals surface area contributed by atoms with Gasteiger partial charge in [0.05, 0.1) is 6.61 Å². The number of methoxy groups -OCH3 is 1. The number of amides is 1. The molecule has 1 aliphatic heterocycles. The summed E-state index contributed by atoms with van der Waals surface area (Å²) < 4.78 is 7.07. The Kier molecular flexibility index (Phi) is 4.42. The number of ether oxygens (including phenoxy) is 1. The molecule has 8 heteroatoms. The molecule has 1 amide bonds. The van der Waals surface area contributed by atoms with Crippen molar-refractivity contribution in [3.63, 3.8) is 0 Å². The zero-order valence-electron chi connectivity index (χ0n) is 13.7. The molecule has 1 N–H and O–H groups in total. The number of aryl methyl sites for hydroxylation is 2. The molecule has 23 heavy (non-hydrogen) atoms. The van der Waals surface area contributed by atoms with Gasteiger partial charge in [-0.05, 0) is 19.9 Å². The van der Waals surface area contributed by atoms with Crippen LogP contribution in [0.15, 0.2) is 12.3 Å². The fraction of sp³-hybridized carbons (Fsp3) is 0.600.